The molecule has 0 bridgehead atoms. The highest BCUT2D eigenvalue weighted by molar-refractivity contribution is 5.81. The fraction of sp³-hybridized carbons (Fsp3) is 0.471. The third kappa shape index (κ3) is 4.50. The Bertz CT molecular complexity index is 581. The highest BCUT2D eigenvalue weighted by atomic mass is 19.4. The van der Waals surface area contributed by atoms with Crippen molar-refractivity contribution in [1.29, 1.82) is 0 Å². The van der Waals surface area contributed by atoms with E-state index in [4.69, 9.17) is 0 Å². The van der Waals surface area contributed by atoms with Crippen molar-refractivity contribution in [3.8, 4) is 0 Å². The number of amides is 1. The van der Waals surface area contributed by atoms with Gasteiger partial charge in [0.25, 0.3) is 0 Å². The summed E-state index contributed by atoms with van der Waals surface area (Å²) in [6, 6.07) is 5.09. The van der Waals surface area contributed by atoms with E-state index in [0.717, 1.165) is 6.07 Å². The molecule has 0 unspecified atom stereocenters. The second-order valence-electron chi connectivity index (χ2n) is 5.78. The van der Waals surface area contributed by atoms with Gasteiger partial charge in [0.2, 0.25) is 5.91 Å². The molecular formula is C17H22F3N3O. The van der Waals surface area contributed by atoms with Gasteiger partial charge in [0.15, 0.2) is 0 Å². The van der Waals surface area contributed by atoms with Crippen molar-refractivity contribution in [1.82, 2.24) is 10.2 Å². The maximum atomic E-state index is 12.8. The van der Waals surface area contributed by atoms with Gasteiger partial charge in [-0.2, -0.15) is 13.2 Å². The molecule has 2 rings (SSSR count). The summed E-state index contributed by atoms with van der Waals surface area (Å²) in [7, 11) is 0. The number of anilines is 1. The summed E-state index contributed by atoms with van der Waals surface area (Å²) in [6.45, 7) is 8.23. The van der Waals surface area contributed by atoms with Crippen LogP contribution in [0.4, 0.5) is 18.9 Å². The van der Waals surface area contributed by atoms with Crippen LogP contribution in [-0.4, -0.2) is 49.6 Å². The summed E-state index contributed by atoms with van der Waals surface area (Å²) in [5.41, 5.74) is -0.0761. The first-order valence-corrected chi connectivity index (χ1v) is 7.88. The van der Waals surface area contributed by atoms with Crippen molar-refractivity contribution in [2.24, 2.45) is 0 Å². The number of rotatable bonds is 5. The first kappa shape index (κ1) is 18.3. The van der Waals surface area contributed by atoms with Gasteiger partial charge in [-0.25, -0.2) is 0 Å². The van der Waals surface area contributed by atoms with Crippen molar-refractivity contribution in [3.63, 3.8) is 0 Å². The van der Waals surface area contributed by atoms with Crippen LogP contribution < -0.4 is 10.2 Å². The lowest BCUT2D eigenvalue weighted by atomic mass is 10.1. The molecule has 1 saturated heterocycles. The van der Waals surface area contributed by atoms with Gasteiger partial charge < -0.3 is 10.2 Å². The lowest BCUT2D eigenvalue weighted by Crippen LogP contribution is -2.54. The molecule has 1 heterocycles. The Balaban J connectivity index is 1.95. The zero-order valence-corrected chi connectivity index (χ0v) is 13.6. The van der Waals surface area contributed by atoms with Gasteiger partial charge >= 0.3 is 6.18 Å². The minimum absolute atomic E-state index is 0.0672. The number of nitrogens with one attached hydrogen (secondary N) is 1. The summed E-state index contributed by atoms with van der Waals surface area (Å²) < 4.78 is 38.4. The topological polar surface area (TPSA) is 35.6 Å². The van der Waals surface area contributed by atoms with Gasteiger partial charge in [0, 0.05) is 38.4 Å². The quantitative estimate of drug-likeness (QED) is 0.836. The van der Waals surface area contributed by atoms with Gasteiger partial charge in [0.05, 0.1) is 11.6 Å². The smallest absolute Gasteiger partial charge is 0.369 e. The maximum Gasteiger partial charge on any atom is 0.416 e. The van der Waals surface area contributed by atoms with E-state index in [1.54, 1.807) is 12.1 Å². The number of carbonyl (C=O) groups excluding carboxylic acids is 1. The number of halogens is 3. The SMILES string of the molecule is C=CCNC(=O)[C@@H](C)N1CCN(c2cccc(C(F)(F)F)c2)CC1. The summed E-state index contributed by atoms with van der Waals surface area (Å²) >= 11 is 0. The Kier molecular flexibility index (Phi) is 5.88. The minimum atomic E-state index is -4.34. The van der Waals surface area contributed by atoms with Crippen LogP contribution in [0.3, 0.4) is 0 Å². The summed E-state index contributed by atoms with van der Waals surface area (Å²) in [5, 5.41) is 2.76. The van der Waals surface area contributed by atoms with Crippen LogP contribution in [0.5, 0.6) is 0 Å². The standard InChI is InChI=1S/C17H22F3N3O/c1-3-7-21-16(24)13(2)22-8-10-23(11-9-22)15-6-4-5-14(12-15)17(18,19)20/h3-6,12-13H,1,7-11H2,2H3,(H,21,24)/t13-/m1/s1. The second-order valence-corrected chi connectivity index (χ2v) is 5.78. The number of hydrogen-bond donors (Lipinski definition) is 1. The first-order chi connectivity index (χ1) is 11.3. The highest BCUT2D eigenvalue weighted by Crippen LogP contribution is 2.31. The fourth-order valence-corrected chi connectivity index (χ4v) is 2.73. The molecule has 1 aliphatic rings. The van der Waals surface area contributed by atoms with Gasteiger partial charge in [-0.15, -0.1) is 6.58 Å². The number of nitrogens with zero attached hydrogens (tertiary/aromatic N) is 2. The van der Waals surface area contributed by atoms with Crippen molar-refractivity contribution >= 4 is 11.6 Å². The molecule has 0 radical (unpaired) electrons. The van der Waals surface area contributed by atoms with E-state index in [0.29, 0.717) is 38.4 Å². The molecule has 1 atom stereocenters. The van der Waals surface area contributed by atoms with Gasteiger partial charge in [0.1, 0.15) is 0 Å². The average molecular weight is 341 g/mol. The molecule has 1 aromatic carbocycles. The average Bonchev–Trinajstić information content (AvgIpc) is 2.58. The predicted molar refractivity (Wildman–Crippen MR) is 87.9 cm³/mol. The first-order valence-electron chi connectivity index (χ1n) is 7.88. The van der Waals surface area contributed by atoms with Crippen molar-refractivity contribution < 1.29 is 18.0 Å². The van der Waals surface area contributed by atoms with Crippen LogP contribution in [-0.2, 0) is 11.0 Å². The van der Waals surface area contributed by atoms with Gasteiger partial charge in [-0.1, -0.05) is 12.1 Å². The van der Waals surface area contributed by atoms with E-state index < -0.39 is 11.7 Å². The molecule has 1 amide bonds. The number of alkyl halides is 3. The second kappa shape index (κ2) is 7.70. The lowest BCUT2D eigenvalue weighted by molar-refractivity contribution is -0.137. The number of piperazine rings is 1. The highest BCUT2D eigenvalue weighted by Gasteiger charge is 2.31. The molecule has 1 N–H and O–H groups in total. The molecular weight excluding hydrogens is 319 g/mol. The maximum absolute atomic E-state index is 12.8. The molecule has 0 saturated carbocycles. The van der Waals surface area contributed by atoms with Crippen LogP contribution >= 0.6 is 0 Å². The van der Waals surface area contributed by atoms with Crippen LogP contribution in [0.1, 0.15) is 12.5 Å². The number of hydrogen-bond acceptors (Lipinski definition) is 3. The van der Waals surface area contributed by atoms with E-state index in [9.17, 15) is 18.0 Å². The van der Waals surface area contributed by atoms with Crippen LogP contribution in [0, 0.1) is 0 Å². The number of benzene rings is 1. The Morgan fingerprint density at radius 2 is 2.00 bits per heavy atom. The molecule has 1 fully saturated rings. The fourth-order valence-electron chi connectivity index (χ4n) is 2.73. The van der Waals surface area contributed by atoms with Crippen LogP contribution in [0.2, 0.25) is 0 Å². The summed E-state index contributed by atoms with van der Waals surface area (Å²) in [5.74, 6) is -0.0672. The van der Waals surface area contributed by atoms with Crippen LogP contribution in [0.15, 0.2) is 36.9 Å². The van der Waals surface area contributed by atoms with E-state index in [1.165, 1.54) is 12.1 Å². The molecule has 0 aliphatic carbocycles. The van der Waals surface area contributed by atoms with Crippen molar-refractivity contribution in [3.05, 3.63) is 42.5 Å². The summed E-state index contributed by atoms with van der Waals surface area (Å²) in [4.78, 5) is 15.9. The Hall–Kier alpha value is -2.02. The minimum Gasteiger partial charge on any atom is -0.369 e. The molecule has 0 aromatic heterocycles. The van der Waals surface area contributed by atoms with E-state index in [2.05, 4.69) is 11.9 Å². The molecule has 24 heavy (non-hydrogen) atoms. The van der Waals surface area contributed by atoms with Crippen molar-refractivity contribution in [2.75, 3.05) is 37.6 Å². The Morgan fingerprint density at radius 1 is 1.33 bits per heavy atom. The monoisotopic (exact) mass is 341 g/mol. The van der Waals surface area contributed by atoms with Gasteiger partial charge in [-0.3, -0.25) is 9.69 Å². The number of carbonyl (C=O) groups is 1. The molecule has 1 aromatic rings. The molecule has 7 heteroatoms. The zero-order valence-electron chi connectivity index (χ0n) is 13.6. The lowest BCUT2D eigenvalue weighted by Gasteiger charge is -2.38. The largest absolute Gasteiger partial charge is 0.416 e. The van der Waals surface area contributed by atoms with E-state index in [1.807, 2.05) is 16.7 Å². The van der Waals surface area contributed by atoms with Gasteiger partial charge in [-0.05, 0) is 25.1 Å². The zero-order chi connectivity index (χ0) is 17.7. The normalized spacial score (nSPS) is 17.4. The molecule has 1 aliphatic heterocycles. The third-order valence-electron chi connectivity index (χ3n) is 4.20. The molecule has 132 valence electrons. The summed E-state index contributed by atoms with van der Waals surface area (Å²) in [6.07, 6.45) is -2.72. The Labute approximate surface area is 139 Å². The van der Waals surface area contributed by atoms with E-state index >= 15 is 0 Å². The molecule has 0 spiro atoms. The van der Waals surface area contributed by atoms with E-state index in [-0.39, 0.29) is 11.9 Å². The van der Waals surface area contributed by atoms with Crippen molar-refractivity contribution in [2.45, 2.75) is 19.1 Å². The predicted octanol–water partition coefficient (Wildman–Crippen LogP) is 2.52. The Morgan fingerprint density at radius 3 is 2.58 bits per heavy atom. The van der Waals surface area contributed by atoms with Crippen LogP contribution in [0.25, 0.3) is 0 Å². The molecule has 4 nitrogen and oxygen atoms in total. The third-order valence-corrected chi connectivity index (χ3v) is 4.20.